The first kappa shape index (κ1) is 17.7. The molecular weight excluding hydrogens is 347 g/mol. The molecule has 0 fully saturated rings. The lowest BCUT2D eigenvalue weighted by atomic mass is 10.1. The quantitative estimate of drug-likeness (QED) is 0.664. The number of halogens is 3. The average molecular weight is 363 g/mol. The Morgan fingerprint density at radius 2 is 1.92 bits per heavy atom. The molecule has 2 N–H and O–H groups in total. The number of alkyl halides is 3. The number of carbonyl (C=O) groups is 1. The Balaban J connectivity index is 1.88. The smallest absolute Gasteiger partial charge is 0.399 e. The lowest BCUT2D eigenvalue weighted by molar-refractivity contribution is -0.137. The Hall–Kier alpha value is -3.10. The molecule has 0 saturated heterocycles. The minimum Gasteiger partial charge on any atom is -0.399 e. The highest BCUT2D eigenvalue weighted by Crippen LogP contribution is 2.38. The van der Waals surface area contributed by atoms with Gasteiger partial charge in [-0.25, -0.2) is 10.0 Å². The highest BCUT2D eigenvalue weighted by molar-refractivity contribution is 5.67. The van der Waals surface area contributed by atoms with Crippen LogP contribution in [0.5, 0.6) is 0 Å². The SMILES string of the molecule is Cc1cc(CN2N=NN(c3ccccc3C(F)(F)F)C2C=O)ccc1N. The fraction of sp³-hybridized carbons (Fsp3) is 0.235. The molecule has 1 atom stereocenters. The predicted octanol–water partition coefficient (Wildman–Crippen LogP) is 3.73. The van der Waals surface area contributed by atoms with Crippen molar-refractivity contribution in [3.63, 3.8) is 0 Å². The zero-order chi connectivity index (χ0) is 18.9. The number of carbonyl (C=O) groups excluding carboxylic acids is 1. The number of aldehydes is 1. The third-order valence-corrected chi connectivity index (χ3v) is 4.06. The molecule has 9 heteroatoms. The molecule has 0 spiro atoms. The fourth-order valence-electron chi connectivity index (χ4n) is 2.71. The summed E-state index contributed by atoms with van der Waals surface area (Å²) < 4.78 is 39.7. The Kier molecular flexibility index (Phi) is 4.54. The normalized spacial score (nSPS) is 17.0. The van der Waals surface area contributed by atoms with Gasteiger partial charge in [0.15, 0.2) is 12.5 Å². The number of anilines is 2. The second-order valence-electron chi connectivity index (χ2n) is 5.88. The Morgan fingerprint density at radius 3 is 2.58 bits per heavy atom. The van der Waals surface area contributed by atoms with Crippen molar-refractivity contribution in [2.45, 2.75) is 25.8 Å². The van der Waals surface area contributed by atoms with Crippen molar-refractivity contribution in [3.8, 4) is 0 Å². The van der Waals surface area contributed by atoms with Crippen molar-refractivity contribution in [2.75, 3.05) is 10.7 Å². The van der Waals surface area contributed by atoms with Gasteiger partial charge in [-0.3, -0.25) is 4.79 Å². The molecule has 2 aromatic rings. The molecular formula is C17H16F3N5O. The summed E-state index contributed by atoms with van der Waals surface area (Å²) in [5.41, 5.74) is 6.98. The third kappa shape index (κ3) is 3.32. The van der Waals surface area contributed by atoms with Gasteiger partial charge in [0.2, 0.25) is 0 Å². The van der Waals surface area contributed by atoms with Crippen LogP contribution in [-0.4, -0.2) is 17.5 Å². The van der Waals surface area contributed by atoms with Crippen molar-refractivity contribution in [2.24, 2.45) is 10.4 Å². The van der Waals surface area contributed by atoms with Crippen molar-refractivity contribution in [3.05, 3.63) is 59.2 Å². The van der Waals surface area contributed by atoms with Crippen LogP contribution >= 0.6 is 0 Å². The number of hydrogen-bond donors (Lipinski definition) is 1. The molecule has 6 nitrogen and oxygen atoms in total. The molecule has 1 aliphatic heterocycles. The maximum atomic E-state index is 13.2. The van der Waals surface area contributed by atoms with Crippen LogP contribution in [0.1, 0.15) is 16.7 Å². The largest absolute Gasteiger partial charge is 0.418 e. The lowest BCUT2D eigenvalue weighted by Crippen LogP contribution is -2.40. The summed E-state index contributed by atoms with van der Waals surface area (Å²) in [5.74, 6) is 0. The lowest BCUT2D eigenvalue weighted by Gasteiger charge is -2.25. The van der Waals surface area contributed by atoms with E-state index in [4.69, 9.17) is 5.73 Å². The second kappa shape index (κ2) is 6.66. The van der Waals surface area contributed by atoms with E-state index in [1.54, 1.807) is 12.1 Å². The fourth-order valence-corrected chi connectivity index (χ4v) is 2.71. The van der Waals surface area contributed by atoms with Gasteiger partial charge in [0.25, 0.3) is 0 Å². The van der Waals surface area contributed by atoms with Crippen LogP contribution < -0.4 is 10.7 Å². The monoisotopic (exact) mass is 363 g/mol. The number of rotatable bonds is 4. The minimum absolute atomic E-state index is 0.207. The van der Waals surface area contributed by atoms with Gasteiger partial charge in [-0.1, -0.05) is 29.5 Å². The van der Waals surface area contributed by atoms with Gasteiger partial charge in [-0.15, -0.1) is 0 Å². The number of para-hydroxylation sites is 1. The summed E-state index contributed by atoms with van der Waals surface area (Å²) >= 11 is 0. The number of nitrogen functional groups attached to an aromatic ring is 1. The third-order valence-electron chi connectivity index (χ3n) is 4.06. The first-order chi connectivity index (χ1) is 12.3. The predicted molar refractivity (Wildman–Crippen MR) is 89.8 cm³/mol. The molecule has 0 aromatic heterocycles. The van der Waals surface area contributed by atoms with Crippen LogP contribution in [0.25, 0.3) is 0 Å². The summed E-state index contributed by atoms with van der Waals surface area (Å²) in [6.45, 7) is 2.05. The molecule has 26 heavy (non-hydrogen) atoms. The van der Waals surface area contributed by atoms with Gasteiger partial charge in [0.1, 0.15) is 0 Å². The van der Waals surface area contributed by atoms with Crippen LogP contribution in [0.4, 0.5) is 24.5 Å². The highest BCUT2D eigenvalue weighted by atomic mass is 19.4. The summed E-state index contributed by atoms with van der Waals surface area (Å²) in [6, 6.07) is 10.3. The van der Waals surface area contributed by atoms with E-state index >= 15 is 0 Å². The van der Waals surface area contributed by atoms with Crippen molar-refractivity contribution in [1.82, 2.24) is 5.01 Å². The summed E-state index contributed by atoms with van der Waals surface area (Å²) in [7, 11) is 0. The van der Waals surface area contributed by atoms with E-state index in [-0.39, 0.29) is 12.2 Å². The molecule has 0 amide bonds. The average Bonchev–Trinajstić information content (AvgIpc) is 3.00. The van der Waals surface area contributed by atoms with E-state index in [0.717, 1.165) is 22.2 Å². The van der Waals surface area contributed by atoms with Gasteiger partial charge >= 0.3 is 6.18 Å². The number of nitrogens with zero attached hydrogens (tertiary/aromatic N) is 4. The van der Waals surface area contributed by atoms with Gasteiger partial charge < -0.3 is 5.73 Å². The van der Waals surface area contributed by atoms with Gasteiger partial charge in [-0.2, -0.15) is 13.2 Å². The molecule has 1 aliphatic rings. The Bertz CT molecular complexity index is 853. The van der Waals surface area contributed by atoms with Gasteiger partial charge in [-0.05, 0) is 41.5 Å². The van der Waals surface area contributed by atoms with Gasteiger partial charge in [0.05, 0.1) is 17.8 Å². The minimum atomic E-state index is -4.57. The zero-order valence-corrected chi connectivity index (χ0v) is 13.8. The van der Waals surface area contributed by atoms with E-state index in [1.165, 1.54) is 23.2 Å². The first-order valence-corrected chi connectivity index (χ1v) is 7.75. The van der Waals surface area contributed by atoms with Crippen LogP contribution in [-0.2, 0) is 17.5 Å². The Labute approximate surface area is 147 Å². The second-order valence-corrected chi connectivity index (χ2v) is 5.88. The standard InChI is InChI=1S/C17H16F3N5O/c1-11-8-12(6-7-14(11)21)9-24-16(10-26)25(23-22-24)15-5-3-2-4-13(15)17(18,19)20/h2-8,10,16H,9,21H2,1H3. The molecule has 1 heterocycles. The molecule has 3 rings (SSSR count). The van der Waals surface area contributed by atoms with Crippen LogP contribution in [0, 0.1) is 6.92 Å². The topological polar surface area (TPSA) is 74.3 Å². The maximum absolute atomic E-state index is 13.2. The van der Waals surface area contributed by atoms with E-state index in [2.05, 4.69) is 10.4 Å². The molecule has 0 saturated carbocycles. The van der Waals surface area contributed by atoms with Crippen LogP contribution in [0.2, 0.25) is 0 Å². The van der Waals surface area contributed by atoms with E-state index in [9.17, 15) is 18.0 Å². The maximum Gasteiger partial charge on any atom is 0.418 e. The van der Waals surface area contributed by atoms with E-state index in [0.29, 0.717) is 12.0 Å². The number of aryl methyl sites for hydroxylation is 1. The van der Waals surface area contributed by atoms with Crippen LogP contribution in [0.3, 0.4) is 0 Å². The summed E-state index contributed by atoms with van der Waals surface area (Å²) in [4.78, 5) is 11.6. The van der Waals surface area contributed by atoms with Crippen molar-refractivity contribution < 1.29 is 18.0 Å². The molecule has 0 radical (unpaired) electrons. The number of nitrogens with two attached hydrogens (primary N) is 1. The molecule has 2 aromatic carbocycles. The number of hydrogen-bond acceptors (Lipinski definition) is 6. The molecule has 0 bridgehead atoms. The Morgan fingerprint density at radius 1 is 1.19 bits per heavy atom. The number of benzene rings is 2. The summed E-state index contributed by atoms with van der Waals surface area (Å²) in [6.07, 6.45) is -5.13. The van der Waals surface area contributed by atoms with Crippen molar-refractivity contribution >= 4 is 17.7 Å². The zero-order valence-electron chi connectivity index (χ0n) is 13.8. The van der Waals surface area contributed by atoms with E-state index in [1.807, 2.05) is 13.0 Å². The first-order valence-electron chi connectivity index (χ1n) is 7.75. The van der Waals surface area contributed by atoms with Gasteiger partial charge in [0, 0.05) is 5.69 Å². The molecule has 136 valence electrons. The van der Waals surface area contributed by atoms with Crippen LogP contribution in [0.15, 0.2) is 52.9 Å². The van der Waals surface area contributed by atoms with E-state index < -0.39 is 17.9 Å². The van der Waals surface area contributed by atoms with Crippen molar-refractivity contribution in [1.29, 1.82) is 0 Å². The summed E-state index contributed by atoms with van der Waals surface area (Å²) in [5, 5.41) is 9.95. The molecule has 0 aliphatic carbocycles. The molecule has 1 unspecified atom stereocenters. The highest BCUT2D eigenvalue weighted by Gasteiger charge is 2.39.